The third kappa shape index (κ3) is 2.99. The summed E-state index contributed by atoms with van der Waals surface area (Å²) in [5, 5.41) is 11.5. The Morgan fingerprint density at radius 3 is 1.50 bits per heavy atom. The molecule has 20 heavy (non-hydrogen) atoms. The Morgan fingerprint density at radius 1 is 0.850 bits per heavy atom. The molecule has 0 aliphatic rings. The molecule has 0 fully saturated rings. The van der Waals surface area contributed by atoms with E-state index in [0.717, 1.165) is 11.1 Å². The Bertz CT molecular complexity index is 508. The summed E-state index contributed by atoms with van der Waals surface area (Å²) in [6.07, 6.45) is -1.15. The van der Waals surface area contributed by atoms with Crippen molar-refractivity contribution < 1.29 is 9.90 Å². The Kier molecular flexibility index (Phi) is 4.41. The van der Waals surface area contributed by atoms with Crippen LogP contribution in [0, 0.1) is 0 Å². The highest BCUT2D eigenvalue weighted by molar-refractivity contribution is 5.64. The maximum atomic E-state index is 11.5. The van der Waals surface area contributed by atoms with Gasteiger partial charge in [-0.1, -0.05) is 60.7 Å². The minimum atomic E-state index is -1.15. The molecule has 104 valence electrons. The van der Waals surface area contributed by atoms with Gasteiger partial charge in [0.1, 0.15) is 6.09 Å². The Labute approximate surface area is 119 Å². The summed E-state index contributed by atoms with van der Waals surface area (Å²) >= 11 is 0. The van der Waals surface area contributed by atoms with Crippen LogP contribution >= 0.6 is 0 Å². The summed E-state index contributed by atoms with van der Waals surface area (Å²) in [5.74, 6) is 0. The minimum Gasteiger partial charge on any atom is -0.530 e. The van der Waals surface area contributed by atoms with E-state index in [4.69, 9.17) is 0 Å². The van der Waals surface area contributed by atoms with Gasteiger partial charge in [-0.15, -0.1) is 0 Å². The van der Waals surface area contributed by atoms with E-state index in [9.17, 15) is 9.90 Å². The third-order valence-corrected chi connectivity index (χ3v) is 3.61. The molecule has 2 unspecified atom stereocenters. The van der Waals surface area contributed by atoms with Gasteiger partial charge in [-0.05, 0) is 25.0 Å². The molecular formula is C17H18NO2-. The number of benzene rings is 2. The van der Waals surface area contributed by atoms with Gasteiger partial charge >= 0.3 is 0 Å². The molecule has 0 radical (unpaired) electrons. The van der Waals surface area contributed by atoms with Gasteiger partial charge in [0.2, 0.25) is 0 Å². The summed E-state index contributed by atoms with van der Waals surface area (Å²) in [6.45, 7) is 3.76. The number of carboxylic acid groups (broad SMARTS) is 1. The zero-order valence-electron chi connectivity index (χ0n) is 11.7. The van der Waals surface area contributed by atoms with Gasteiger partial charge in [-0.3, -0.25) is 0 Å². The van der Waals surface area contributed by atoms with Crippen molar-refractivity contribution in [2.24, 2.45) is 0 Å². The number of hydrogen-bond donors (Lipinski definition) is 0. The molecule has 0 aliphatic heterocycles. The highest BCUT2D eigenvalue weighted by atomic mass is 16.4. The standard InChI is InChI=1S/C17H19NO2/c1-13(15-9-5-3-6-10-15)18(17(19)20)14(2)16-11-7-4-8-12-16/h3-14H,1-2H3,(H,19,20)/p-1. The fraction of sp³-hybridized carbons (Fsp3) is 0.235. The molecular weight excluding hydrogens is 250 g/mol. The van der Waals surface area contributed by atoms with E-state index in [1.54, 1.807) is 0 Å². The van der Waals surface area contributed by atoms with Crippen LogP contribution in [0.15, 0.2) is 60.7 Å². The largest absolute Gasteiger partial charge is 0.530 e. The zero-order valence-corrected chi connectivity index (χ0v) is 11.7. The normalized spacial score (nSPS) is 13.5. The van der Waals surface area contributed by atoms with Gasteiger partial charge in [-0.2, -0.15) is 0 Å². The Morgan fingerprint density at radius 2 is 1.20 bits per heavy atom. The van der Waals surface area contributed by atoms with Gasteiger partial charge in [-0.25, -0.2) is 0 Å². The highest BCUT2D eigenvalue weighted by Crippen LogP contribution is 2.29. The summed E-state index contributed by atoms with van der Waals surface area (Å²) in [7, 11) is 0. The van der Waals surface area contributed by atoms with Crippen molar-refractivity contribution in [3.8, 4) is 0 Å². The lowest BCUT2D eigenvalue weighted by atomic mass is 10.0. The number of nitrogens with zero attached hydrogens (tertiary/aromatic N) is 1. The highest BCUT2D eigenvalue weighted by Gasteiger charge is 2.22. The Balaban J connectivity index is 2.30. The average molecular weight is 268 g/mol. The second-order valence-corrected chi connectivity index (χ2v) is 4.85. The van der Waals surface area contributed by atoms with Gasteiger partial charge in [0.25, 0.3) is 0 Å². The summed E-state index contributed by atoms with van der Waals surface area (Å²) in [4.78, 5) is 12.9. The molecule has 2 rings (SSSR count). The molecule has 0 aromatic heterocycles. The molecule has 2 aromatic rings. The van der Waals surface area contributed by atoms with Crippen LogP contribution in [0.4, 0.5) is 4.79 Å². The van der Waals surface area contributed by atoms with Crippen molar-refractivity contribution >= 4 is 6.09 Å². The van der Waals surface area contributed by atoms with E-state index >= 15 is 0 Å². The topological polar surface area (TPSA) is 43.4 Å². The molecule has 3 heteroatoms. The van der Waals surface area contributed by atoms with Gasteiger partial charge in [0.15, 0.2) is 0 Å². The number of rotatable bonds is 4. The van der Waals surface area contributed by atoms with E-state index in [-0.39, 0.29) is 12.1 Å². The van der Waals surface area contributed by atoms with Crippen molar-refractivity contribution in [1.82, 2.24) is 4.90 Å². The minimum absolute atomic E-state index is 0.253. The van der Waals surface area contributed by atoms with E-state index in [2.05, 4.69) is 0 Å². The van der Waals surface area contributed by atoms with Crippen LogP contribution in [-0.2, 0) is 0 Å². The molecule has 0 spiro atoms. The number of amides is 1. The third-order valence-electron chi connectivity index (χ3n) is 3.61. The van der Waals surface area contributed by atoms with E-state index < -0.39 is 6.09 Å². The fourth-order valence-corrected chi connectivity index (χ4v) is 2.44. The first-order chi connectivity index (χ1) is 9.61. The quantitative estimate of drug-likeness (QED) is 0.855. The smallest absolute Gasteiger partial charge is 0.137 e. The van der Waals surface area contributed by atoms with Crippen LogP contribution in [0.1, 0.15) is 37.1 Å². The van der Waals surface area contributed by atoms with Crippen molar-refractivity contribution in [3.05, 3.63) is 71.8 Å². The number of carbonyl (C=O) groups is 1. The lowest BCUT2D eigenvalue weighted by Crippen LogP contribution is -2.44. The van der Waals surface area contributed by atoms with E-state index in [0.29, 0.717) is 0 Å². The summed E-state index contributed by atoms with van der Waals surface area (Å²) in [5.41, 5.74) is 1.92. The second-order valence-electron chi connectivity index (χ2n) is 4.85. The summed E-state index contributed by atoms with van der Waals surface area (Å²) in [6, 6.07) is 18.7. The average Bonchev–Trinajstić information content (AvgIpc) is 2.48. The molecule has 0 heterocycles. The van der Waals surface area contributed by atoms with Crippen molar-refractivity contribution in [3.63, 3.8) is 0 Å². The van der Waals surface area contributed by atoms with Gasteiger partial charge < -0.3 is 14.8 Å². The Hall–Kier alpha value is -2.29. The van der Waals surface area contributed by atoms with Crippen LogP contribution in [0.5, 0.6) is 0 Å². The van der Waals surface area contributed by atoms with E-state index in [1.165, 1.54) is 4.90 Å². The molecule has 2 atom stereocenters. The molecule has 1 amide bonds. The maximum Gasteiger partial charge on any atom is 0.137 e. The first-order valence-electron chi connectivity index (χ1n) is 6.70. The SMILES string of the molecule is CC(c1ccccc1)N(C(=O)[O-])C(C)c1ccccc1. The van der Waals surface area contributed by atoms with Crippen LogP contribution < -0.4 is 5.11 Å². The number of carbonyl (C=O) groups excluding carboxylic acids is 1. The molecule has 0 saturated carbocycles. The molecule has 0 aliphatic carbocycles. The van der Waals surface area contributed by atoms with Crippen LogP contribution in [0.3, 0.4) is 0 Å². The molecule has 0 saturated heterocycles. The maximum absolute atomic E-state index is 11.5. The first-order valence-corrected chi connectivity index (χ1v) is 6.70. The van der Waals surface area contributed by atoms with Crippen molar-refractivity contribution in [2.75, 3.05) is 0 Å². The zero-order chi connectivity index (χ0) is 14.5. The lowest BCUT2D eigenvalue weighted by molar-refractivity contribution is -0.270. The second kappa shape index (κ2) is 6.24. The molecule has 3 nitrogen and oxygen atoms in total. The predicted molar refractivity (Wildman–Crippen MR) is 76.9 cm³/mol. The number of hydrogen-bond acceptors (Lipinski definition) is 2. The van der Waals surface area contributed by atoms with Crippen LogP contribution in [-0.4, -0.2) is 11.0 Å². The van der Waals surface area contributed by atoms with Crippen LogP contribution in [0.2, 0.25) is 0 Å². The molecule has 0 bridgehead atoms. The van der Waals surface area contributed by atoms with E-state index in [1.807, 2.05) is 74.5 Å². The lowest BCUT2D eigenvalue weighted by Gasteiger charge is -2.37. The van der Waals surface area contributed by atoms with Crippen LogP contribution in [0.25, 0.3) is 0 Å². The monoisotopic (exact) mass is 268 g/mol. The first kappa shape index (κ1) is 14.1. The van der Waals surface area contributed by atoms with Crippen molar-refractivity contribution in [2.45, 2.75) is 25.9 Å². The van der Waals surface area contributed by atoms with Gasteiger partial charge in [0, 0.05) is 0 Å². The van der Waals surface area contributed by atoms with Gasteiger partial charge in [0.05, 0.1) is 12.1 Å². The molecule has 2 aromatic carbocycles. The fourth-order valence-electron chi connectivity index (χ4n) is 2.44. The molecule has 0 N–H and O–H groups in total. The van der Waals surface area contributed by atoms with Crippen molar-refractivity contribution in [1.29, 1.82) is 0 Å². The predicted octanol–water partition coefficient (Wildman–Crippen LogP) is 3.15. The summed E-state index contributed by atoms with van der Waals surface area (Å²) < 4.78 is 0.